The monoisotopic (exact) mass is 320 g/mol. The van der Waals surface area contributed by atoms with Crippen LogP contribution in [0.3, 0.4) is 0 Å². The molecule has 82 valence electrons. The topological polar surface area (TPSA) is 15.3 Å². The highest BCUT2D eigenvalue weighted by molar-refractivity contribution is 14.1. The summed E-state index contributed by atoms with van der Waals surface area (Å²) in [6.07, 6.45) is 0. The maximum absolute atomic E-state index is 12.9. The molecule has 0 saturated carbocycles. The van der Waals surface area contributed by atoms with E-state index in [1.165, 1.54) is 5.56 Å². The van der Waals surface area contributed by atoms with E-state index in [0.717, 1.165) is 36.3 Å². The highest BCUT2D eigenvalue weighted by Gasteiger charge is 2.11. The van der Waals surface area contributed by atoms with Gasteiger partial charge in [0.25, 0.3) is 0 Å². The second-order valence-electron chi connectivity index (χ2n) is 3.76. The van der Waals surface area contributed by atoms with Crippen LogP contribution in [0.4, 0.5) is 4.39 Å². The van der Waals surface area contributed by atoms with Gasteiger partial charge in [-0.2, -0.15) is 0 Å². The molecule has 4 heteroatoms. The maximum Gasteiger partial charge on any atom is 0.124 e. The SMILES string of the molecule is Fc1ccc(CN2CCNCC2)c(I)c1. The normalized spacial score (nSPS) is 18.0. The lowest BCUT2D eigenvalue weighted by Gasteiger charge is -2.27. The van der Waals surface area contributed by atoms with Crippen molar-refractivity contribution in [3.8, 4) is 0 Å². The smallest absolute Gasteiger partial charge is 0.124 e. The molecule has 1 N–H and O–H groups in total. The number of nitrogens with zero attached hydrogens (tertiary/aromatic N) is 1. The van der Waals surface area contributed by atoms with Crippen molar-refractivity contribution in [1.82, 2.24) is 10.2 Å². The molecule has 0 spiro atoms. The number of piperazine rings is 1. The second-order valence-corrected chi connectivity index (χ2v) is 4.92. The summed E-state index contributed by atoms with van der Waals surface area (Å²) < 4.78 is 13.9. The molecule has 0 atom stereocenters. The minimum atomic E-state index is -0.150. The lowest BCUT2D eigenvalue weighted by molar-refractivity contribution is 0.232. The Labute approximate surface area is 103 Å². The van der Waals surface area contributed by atoms with Gasteiger partial charge in [-0.3, -0.25) is 4.90 Å². The van der Waals surface area contributed by atoms with Gasteiger partial charge in [0, 0.05) is 36.3 Å². The molecule has 2 nitrogen and oxygen atoms in total. The molecule has 1 aliphatic heterocycles. The molecule has 1 aromatic carbocycles. The Morgan fingerprint density at radius 3 is 2.73 bits per heavy atom. The number of halogens is 2. The van der Waals surface area contributed by atoms with Crippen molar-refractivity contribution < 1.29 is 4.39 Å². The first-order valence-electron chi connectivity index (χ1n) is 5.13. The van der Waals surface area contributed by atoms with E-state index in [2.05, 4.69) is 32.8 Å². The van der Waals surface area contributed by atoms with Crippen molar-refractivity contribution in [2.75, 3.05) is 26.2 Å². The van der Waals surface area contributed by atoms with Crippen LogP contribution in [0.5, 0.6) is 0 Å². The van der Waals surface area contributed by atoms with Gasteiger partial charge in [-0.15, -0.1) is 0 Å². The molecule has 0 radical (unpaired) electrons. The molecule has 1 aromatic rings. The van der Waals surface area contributed by atoms with Gasteiger partial charge in [0.15, 0.2) is 0 Å². The molecule has 0 amide bonds. The first-order valence-corrected chi connectivity index (χ1v) is 6.20. The summed E-state index contributed by atoms with van der Waals surface area (Å²) in [5.74, 6) is -0.150. The Balaban J connectivity index is 2.03. The molecule has 0 aliphatic carbocycles. The van der Waals surface area contributed by atoms with Gasteiger partial charge in [-0.25, -0.2) is 4.39 Å². The molecule has 0 bridgehead atoms. The summed E-state index contributed by atoms with van der Waals surface area (Å²) in [6, 6.07) is 5.02. The Hall–Kier alpha value is -0.200. The van der Waals surface area contributed by atoms with E-state index in [-0.39, 0.29) is 5.82 Å². The van der Waals surface area contributed by atoms with Crippen LogP contribution in [0.2, 0.25) is 0 Å². The van der Waals surface area contributed by atoms with Crippen molar-refractivity contribution in [2.24, 2.45) is 0 Å². The third-order valence-electron chi connectivity index (χ3n) is 2.62. The number of nitrogens with one attached hydrogen (secondary N) is 1. The van der Waals surface area contributed by atoms with Crippen molar-refractivity contribution in [1.29, 1.82) is 0 Å². The zero-order chi connectivity index (χ0) is 10.7. The molecule has 0 unspecified atom stereocenters. The molecular weight excluding hydrogens is 306 g/mol. The van der Waals surface area contributed by atoms with Crippen LogP contribution in [-0.4, -0.2) is 31.1 Å². The largest absolute Gasteiger partial charge is 0.314 e. The van der Waals surface area contributed by atoms with Crippen LogP contribution in [-0.2, 0) is 6.54 Å². The van der Waals surface area contributed by atoms with Gasteiger partial charge in [0.1, 0.15) is 5.82 Å². The Morgan fingerprint density at radius 2 is 2.07 bits per heavy atom. The fourth-order valence-corrected chi connectivity index (χ4v) is 2.41. The van der Waals surface area contributed by atoms with Gasteiger partial charge in [-0.05, 0) is 40.3 Å². The quantitative estimate of drug-likeness (QED) is 0.837. The fraction of sp³-hybridized carbons (Fsp3) is 0.455. The number of benzene rings is 1. The average Bonchev–Trinajstić information content (AvgIpc) is 2.24. The lowest BCUT2D eigenvalue weighted by Crippen LogP contribution is -2.43. The molecule has 2 rings (SSSR count). The Morgan fingerprint density at radius 1 is 1.33 bits per heavy atom. The van der Waals surface area contributed by atoms with E-state index < -0.39 is 0 Å². The summed E-state index contributed by atoms with van der Waals surface area (Å²) in [6.45, 7) is 5.19. The van der Waals surface area contributed by atoms with Gasteiger partial charge in [-0.1, -0.05) is 6.07 Å². The summed E-state index contributed by atoms with van der Waals surface area (Å²) in [5.41, 5.74) is 1.22. The van der Waals surface area contributed by atoms with Gasteiger partial charge in [0.05, 0.1) is 0 Å². The van der Waals surface area contributed by atoms with Crippen LogP contribution >= 0.6 is 22.6 Å². The second kappa shape index (κ2) is 5.23. The predicted octanol–water partition coefficient (Wildman–Crippen LogP) is 1.84. The summed E-state index contributed by atoms with van der Waals surface area (Å²) in [4.78, 5) is 2.39. The minimum absolute atomic E-state index is 0.150. The van der Waals surface area contributed by atoms with Crippen LogP contribution < -0.4 is 5.32 Å². The molecule has 1 heterocycles. The molecule has 1 fully saturated rings. The van der Waals surface area contributed by atoms with E-state index in [1.54, 1.807) is 12.1 Å². The third-order valence-corrected chi connectivity index (χ3v) is 3.62. The summed E-state index contributed by atoms with van der Waals surface area (Å²) in [7, 11) is 0. The van der Waals surface area contributed by atoms with Crippen LogP contribution in [0.25, 0.3) is 0 Å². The molecular formula is C11H14FIN2. The highest BCUT2D eigenvalue weighted by Crippen LogP contribution is 2.16. The van der Waals surface area contributed by atoms with Crippen LogP contribution in [0.15, 0.2) is 18.2 Å². The molecule has 15 heavy (non-hydrogen) atoms. The average molecular weight is 320 g/mol. The summed E-state index contributed by atoms with van der Waals surface area (Å²) in [5, 5.41) is 3.32. The van der Waals surface area contributed by atoms with Gasteiger partial charge < -0.3 is 5.32 Å². The first kappa shape index (κ1) is 11.3. The van der Waals surface area contributed by atoms with Crippen molar-refractivity contribution >= 4 is 22.6 Å². The molecule has 1 saturated heterocycles. The number of hydrogen-bond donors (Lipinski definition) is 1. The summed E-state index contributed by atoms with van der Waals surface area (Å²) >= 11 is 2.20. The van der Waals surface area contributed by atoms with Gasteiger partial charge in [0.2, 0.25) is 0 Å². The molecule has 0 aromatic heterocycles. The maximum atomic E-state index is 12.9. The van der Waals surface area contributed by atoms with E-state index >= 15 is 0 Å². The van der Waals surface area contributed by atoms with Crippen LogP contribution in [0.1, 0.15) is 5.56 Å². The van der Waals surface area contributed by atoms with Crippen molar-refractivity contribution in [3.63, 3.8) is 0 Å². The van der Waals surface area contributed by atoms with Crippen molar-refractivity contribution in [2.45, 2.75) is 6.54 Å². The van der Waals surface area contributed by atoms with Crippen molar-refractivity contribution in [3.05, 3.63) is 33.1 Å². The van der Waals surface area contributed by atoms with Gasteiger partial charge >= 0.3 is 0 Å². The highest BCUT2D eigenvalue weighted by atomic mass is 127. The van der Waals surface area contributed by atoms with E-state index in [9.17, 15) is 4.39 Å². The van der Waals surface area contributed by atoms with E-state index in [0.29, 0.717) is 0 Å². The number of hydrogen-bond acceptors (Lipinski definition) is 2. The fourth-order valence-electron chi connectivity index (χ4n) is 1.76. The van der Waals surface area contributed by atoms with Crippen LogP contribution in [0, 0.1) is 9.39 Å². The standard InChI is InChI=1S/C11H14FIN2/c12-10-2-1-9(11(13)7-10)8-15-5-3-14-4-6-15/h1-2,7,14H,3-6,8H2. The zero-order valence-corrected chi connectivity index (χ0v) is 10.6. The van der Waals surface area contributed by atoms with E-state index in [4.69, 9.17) is 0 Å². The third kappa shape index (κ3) is 3.12. The minimum Gasteiger partial charge on any atom is -0.314 e. The van der Waals surface area contributed by atoms with E-state index in [1.807, 2.05) is 6.07 Å². The number of rotatable bonds is 2. The molecule has 1 aliphatic rings. The Bertz CT molecular complexity index is 337. The predicted molar refractivity (Wildman–Crippen MR) is 67.3 cm³/mol. The zero-order valence-electron chi connectivity index (χ0n) is 8.47. The lowest BCUT2D eigenvalue weighted by atomic mass is 10.2. The Kier molecular flexibility index (Phi) is 3.93. The first-order chi connectivity index (χ1) is 7.25.